The van der Waals surface area contributed by atoms with Crippen molar-refractivity contribution in [1.82, 2.24) is 14.9 Å². The Morgan fingerprint density at radius 3 is 3.00 bits per heavy atom. The zero-order valence-electron chi connectivity index (χ0n) is 10.4. The number of aryl methyl sites for hydroxylation is 1. The number of pyridine rings is 1. The summed E-state index contributed by atoms with van der Waals surface area (Å²) in [4.78, 5) is 10.5. The van der Waals surface area contributed by atoms with E-state index in [1.54, 1.807) is 0 Å². The Morgan fingerprint density at radius 1 is 1.41 bits per heavy atom. The monoisotopic (exact) mass is 227 g/mol. The van der Waals surface area contributed by atoms with Crippen molar-refractivity contribution in [2.75, 3.05) is 7.05 Å². The third kappa shape index (κ3) is 1.23. The highest BCUT2D eigenvalue weighted by atomic mass is 15.2. The number of hydrogen-bond acceptors (Lipinski definition) is 2. The lowest BCUT2D eigenvalue weighted by atomic mass is 9.95. The Hall–Kier alpha value is -1.35. The second kappa shape index (κ2) is 2.91. The van der Waals surface area contributed by atoms with Gasteiger partial charge in [-0.3, -0.25) is 4.90 Å². The Bertz CT molecular complexity index is 607. The van der Waals surface area contributed by atoms with E-state index in [1.807, 2.05) is 6.20 Å². The molecule has 0 radical (unpaired) electrons. The van der Waals surface area contributed by atoms with Crippen LogP contribution in [0.25, 0.3) is 11.0 Å². The SMILES string of the molecule is Cc1cnc2[nH]c3c(c2c1)CC1(CC1)N(C)C3. The van der Waals surface area contributed by atoms with Crippen LogP contribution in [0.2, 0.25) is 0 Å². The topological polar surface area (TPSA) is 31.9 Å². The van der Waals surface area contributed by atoms with Crippen molar-refractivity contribution in [3.63, 3.8) is 0 Å². The normalized spacial score (nSPS) is 22.0. The molecule has 1 N–H and O–H groups in total. The van der Waals surface area contributed by atoms with Gasteiger partial charge in [0.15, 0.2) is 0 Å². The summed E-state index contributed by atoms with van der Waals surface area (Å²) in [5.74, 6) is 0. The number of aromatic nitrogens is 2. The summed E-state index contributed by atoms with van der Waals surface area (Å²) in [5, 5.41) is 1.35. The van der Waals surface area contributed by atoms with Crippen molar-refractivity contribution in [2.45, 2.75) is 38.3 Å². The molecule has 0 saturated heterocycles. The van der Waals surface area contributed by atoms with E-state index in [4.69, 9.17) is 0 Å². The van der Waals surface area contributed by atoms with Crippen LogP contribution in [-0.2, 0) is 13.0 Å². The van der Waals surface area contributed by atoms with Gasteiger partial charge in [-0.15, -0.1) is 0 Å². The molecule has 0 bridgehead atoms. The molecule has 88 valence electrons. The van der Waals surface area contributed by atoms with Crippen molar-refractivity contribution in [3.05, 3.63) is 29.1 Å². The van der Waals surface area contributed by atoms with Crippen molar-refractivity contribution in [2.24, 2.45) is 0 Å². The van der Waals surface area contributed by atoms with Crippen LogP contribution in [0.3, 0.4) is 0 Å². The maximum atomic E-state index is 4.50. The first kappa shape index (κ1) is 9.66. The number of nitrogens with one attached hydrogen (secondary N) is 1. The molecule has 1 aliphatic heterocycles. The molecule has 3 heterocycles. The maximum Gasteiger partial charge on any atom is 0.137 e. The fraction of sp³-hybridized carbons (Fsp3) is 0.500. The lowest BCUT2D eigenvalue weighted by Gasteiger charge is -2.32. The molecule has 1 saturated carbocycles. The van der Waals surface area contributed by atoms with E-state index in [2.05, 4.69) is 34.9 Å². The summed E-state index contributed by atoms with van der Waals surface area (Å²) in [7, 11) is 2.25. The average Bonchev–Trinajstić information content (AvgIpc) is 2.99. The minimum Gasteiger partial charge on any atom is -0.342 e. The molecule has 0 amide bonds. The Balaban J connectivity index is 1.94. The van der Waals surface area contributed by atoms with Crippen molar-refractivity contribution < 1.29 is 0 Å². The minimum atomic E-state index is 0.478. The highest BCUT2D eigenvalue weighted by Crippen LogP contribution is 2.48. The van der Waals surface area contributed by atoms with Crippen LogP contribution in [-0.4, -0.2) is 27.5 Å². The van der Waals surface area contributed by atoms with Crippen molar-refractivity contribution in [3.8, 4) is 0 Å². The van der Waals surface area contributed by atoms with E-state index < -0.39 is 0 Å². The number of rotatable bonds is 0. The fourth-order valence-electron chi connectivity index (χ4n) is 3.19. The van der Waals surface area contributed by atoms with E-state index >= 15 is 0 Å². The highest BCUT2D eigenvalue weighted by Gasteiger charge is 2.49. The summed E-state index contributed by atoms with van der Waals surface area (Å²) in [6, 6.07) is 2.28. The molecule has 1 aliphatic carbocycles. The van der Waals surface area contributed by atoms with Crippen LogP contribution >= 0.6 is 0 Å². The second-order valence-corrected chi connectivity index (χ2v) is 5.75. The first-order chi connectivity index (χ1) is 8.18. The summed E-state index contributed by atoms with van der Waals surface area (Å²) < 4.78 is 0. The van der Waals surface area contributed by atoms with E-state index in [-0.39, 0.29) is 0 Å². The van der Waals surface area contributed by atoms with E-state index in [0.29, 0.717) is 5.54 Å². The number of likely N-dealkylation sites (N-methyl/N-ethyl adjacent to an activating group) is 1. The first-order valence-corrected chi connectivity index (χ1v) is 6.35. The summed E-state index contributed by atoms with van der Waals surface area (Å²) in [6.07, 6.45) is 5.86. The van der Waals surface area contributed by atoms with Gasteiger partial charge in [0.05, 0.1) is 0 Å². The van der Waals surface area contributed by atoms with Crippen LogP contribution < -0.4 is 0 Å². The van der Waals surface area contributed by atoms with E-state index in [1.165, 1.54) is 41.5 Å². The van der Waals surface area contributed by atoms with Gasteiger partial charge in [0.2, 0.25) is 0 Å². The fourth-order valence-corrected chi connectivity index (χ4v) is 3.19. The van der Waals surface area contributed by atoms with Gasteiger partial charge < -0.3 is 4.98 Å². The zero-order valence-corrected chi connectivity index (χ0v) is 10.4. The van der Waals surface area contributed by atoms with Crippen molar-refractivity contribution >= 4 is 11.0 Å². The summed E-state index contributed by atoms with van der Waals surface area (Å²) in [5.41, 5.74) is 5.69. The van der Waals surface area contributed by atoms with Gasteiger partial charge in [0.25, 0.3) is 0 Å². The van der Waals surface area contributed by atoms with Crippen LogP contribution in [0.15, 0.2) is 12.3 Å². The molecule has 2 aliphatic rings. The average molecular weight is 227 g/mol. The third-order valence-electron chi connectivity index (χ3n) is 4.52. The number of fused-ring (bicyclic) bond motifs is 3. The summed E-state index contributed by atoms with van der Waals surface area (Å²) in [6.45, 7) is 3.17. The smallest absolute Gasteiger partial charge is 0.137 e. The molecule has 2 aromatic heterocycles. The molecule has 1 spiro atoms. The first-order valence-electron chi connectivity index (χ1n) is 6.35. The molecular weight excluding hydrogens is 210 g/mol. The van der Waals surface area contributed by atoms with E-state index in [9.17, 15) is 0 Å². The zero-order chi connectivity index (χ0) is 11.6. The van der Waals surface area contributed by atoms with Gasteiger partial charge in [0.1, 0.15) is 5.65 Å². The lowest BCUT2D eigenvalue weighted by Crippen LogP contribution is -2.39. The Kier molecular flexibility index (Phi) is 1.65. The standard InChI is InChI=1S/C14H17N3/c1-9-5-10-11-6-14(3-4-14)17(2)8-12(11)16-13(10)15-7-9/h5,7H,3-4,6,8H2,1-2H3,(H,15,16). The molecule has 3 heteroatoms. The van der Waals surface area contributed by atoms with Crippen LogP contribution in [0.1, 0.15) is 29.7 Å². The molecule has 3 nitrogen and oxygen atoms in total. The third-order valence-corrected chi connectivity index (χ3v) is 4.52. The van der Waals surface area contributed by atoms with Crippen LogP contribution in [0, 0.1) is 6.92 Å². The maximum absolute atomic E-state index is 4.50. The largest absolute Gasteiger partial charge is 0.342 e. The van der Waals surface area contributed by atoms with Gasteiger partial charge in [-0.25, -0.2) is 4.98 Å². The Labute approximate surface area is 101 Å². The Morgan fingerprint density at radius 2 is 2.24 bits per heavy atom. The molecular formula is C14H17N3. The lowest BCUT2D eigenvalue weighted by molar-refractivity contribution is 0.193. The minimum absolute atomic E-state index is 0.478. The number of nitrogens with zero attached hydrogens (tertiary/aromatic N) is 2. The van der Waals surface area contributed by atoms with Crippen LogP contribution in [0.4, 0.5) is 0 Å². The molecule has 0 aromatic carbocycles. The van der Waals surface area contributed by atoms with Gasteiger partial charge in [-0.1, -0.05) is 0 Å². The van der Waals surface area contributed by atoms with Gasteiger partial charge in [-0.05, 0) is 50.4 Å². The molecule has 4 rings (SSSR count). The number of hydrogen-bond donors (Lipinski definition) is 1. The van der Waals surface area contributed by atoms with Gasteiger partial charge in [-0.2, -0.15) is 0 Å². The second-order valence-electron chi connectivity index (χ2n) is 5.75. The molecule has 17 heavy (non-hydrogen) atoms. The van der Waals surface area contributed by atoms with Gasteiger partial charge >= 0.3 is 0 Å². The van der Waals surface area contributed by atoms with Gasteiger partial charge in [0, 0.05) is 29.4 Å². The van der Waals surface area contributed by atoms with E-state index in [0.717, 1.165) is 12.2 Å². The summed E-state index contributed by atoms with van der Waals surface area (Å²) >= 11 is 0. The molecule has 0 atom stereocenters. The highest BCUT2D eigenvalue weighted by molar-refractivity contribution is 5.82. The van der Waals surface area contributed by atoms with Crippen LogP contribution in [0.5, 0.6) is 0 Å². The molecule has 0 unspecified atom stereocenters. The number of H-pyrrole nitrogens is 1. The molecule has 1 fully saturated rings. The van der Waals surface area contributed by atoms with Crippen molar-refractivity contribution in [1.29, 1.82) is 0 Å². The quantitative estimate of drug-likeness (QED) is 0.749. The predicted molar refractivity (Wildman–Crippen MR) is 68.0 cm³/mol. The molecule has 2 aromatic rings. The number of aromatic amines is 1. The predicted octanol–water partition coefficient (Wildman–Crippen LogP) is 2.39.